The molecule has 1 amide bonds. The lowest BCUT2D eigenvalue weighted by molar-refractivity contribution is -0.116. The van der Waals surface area contributed by atoms with Gasteiger partial charge in [0.25, 0.3) is 0 Å². The summed E-state index contributed by atoms with van der Waals surface area (Å²) in [5, 5.41) is 11.1. The lowest BCUT2D eigenvalue weighted by atomic mass is 10.1. The first-order valence-electron chi connectivity index (χ1n) is 9.14. The van der Waals surface area contributed by atoms with Crippen LogP contribution in [-0.4, -0.2) is 33.6 Å². The number of nitrogens with zero attached hydrogens (tertiary/aromatic N) is 3. The van der Waals surface area contributed by atoms with Gasteiger partial charge in [0.15, 0.2) is 5.65 Å². The number of rotatable bonds is 7. The van der Waals surface area contributed by atoms with E-state index in [9.17, 15) is 4.79 Å². The molecule has 0 aliphatic heterocycles. The van der Waals surface area contributed by atoms with Crippen LogP contribution < -0.4 is 10.6 Å². The molecule has 0 aliphatic rings. The number of amides is 1. The molecular formula is C21H17BrClN5O2. The number of aromatic nitrogens is 3. The summed E-state index contributed by atoms with van der Waals surface area (Å²) in [5.41, 5.74) is 2.22. The molecule has 0 radical (unpaired) electrons. The molecule has 0 saturated heterocycles. The van der Waals surface area contributed by atoms with Crippen LogP contribution in [0.4, 0.5) is 5.82 Å². The third-order valence-corrected chi connectivity index (χ3v) is 5.14. The van der Waals surface area contributed by atoms with Crippen LogP contribution in [-0.2, 0) is 4.79 Å². The van der Waals surface area contributed by atoms with E-state index in [4.69, 9.17) is 16.0 Å². The van der Waals surface area contributed by atoms with Gasteiger partial charge in [0.05, 0.1) is 22.6 Å². The highest BCUT2D eigenvalue weighted by molar-refractivity contribution is 9.10. The van der Waals surface area contributed by atoms with Crippen molar-refractivity contribution in [3.63, 3.8) is 0 Å². The quantitative estimate of drug-likeness (QED) is 0.293. The number of carbonyl (C=O) groups is 1. The summed E-state index contributed by atoms with van der Waals surface area (Å²) in [6.07, 6.45) is 6.29. The molecule has 2 N–H and O–H groups in total. The van der Waals surface area contributed by atoms with Crippen LogP contribution in [0.3, 0.4) is 0 Å². The zero-order valence-electron chi connectivity index (χ0n) is 15.7. The molecule has 0 aliphatic carbocycles. The maximum Gasteiger partial charge on any atom is 0.244 e. The maximum atomic E-state index is 11.9. The number of anilines is 1. The van der Waals surface area contributed by atoms with Gasteiger partial charge in [0.2, 0.25) is 5.91 Å². The zero-order chi connectivity index (χ0) is 20.9. The van der Waals surface area contributed by atoms with Gasteiger partial charge in [-0.2, -0.15) is 9.61 Å². The molecule has 0 unspecified atom stereocenters. The van der Waals surface area contributed by atoms with Crippen LogP contribution >= 0.6 is 27.5 Å². The SMILES string of the molecule is O=C(/C=C/c1ccco1)NCCNc1cc(-c2ccccc2Cl)nc2c(Br)cnn12. The van der Waals surface area contributed by atoms with E-state index in [1.165, 1.54) is 6.08 Å². The van der Waals surface area contributed by atoms with Crippen molar-refractivity contribution < 1.29 is 9.21 Å². The largest absolute Gasteiger partial charge is 0.465 e. The van der Waals surface area contributed by atoms with Crippen molar-refractivity contribution in [2.75, 3.05) is 18.4 Å². The maximum absolute atomic E-state index is 11.9. The smallest absolute Gasteiger partial charge is 0.244 e. The average molecular weight is 487 g/mol. The third-order valence-electron chi connectivity index (χ3n) is 4.25. The number of benzene rings is 1. The Morgan fingerprint density at radius 2 is 2.10 bits per heavy atom. The Bertz CT molecular complexity index is 1200. The van der Waals surface area contributed by atoms with E-state index < -0.39 is 0 Å². The fraction of sp³-hybridized carbons (Fsp3) is 0.0952. The molecule has 3 aromatic heterocycles. The fourth-order valence-electron chi connectivity index (χ4n) is 2.85. The van der Waals surface area contributed by atoms with Gasteiger partial charge < -0.3 is 15.1 Å². The van der Waals surface area contributed by atoms with Crippen LogP contribution in [0.5, 0.6) is 0 Å². The van der Waals surface area contributed by atoms with Crippen LogP contribution in [0.25, 0.3) is 23.0 Å². The highest BCUT2D eigenvalue weighted by atomic mass is 79.9. The van der Waals surface area contributed by atoms with E-state index in [1.807, 2.05) is 30.3 Å². The molecule has 0 bridgehead atoms. The zero-order valence-corrected chi connectivity index (χ0v) is 18.0. The van der Waals surface area contributed by atoms with Gasteiger partial charge in [-0.3, -0.25) is 4.79 Å². The molecule has 0 saturated carbocycles. The van der Waals surface area contributed by atoms with Crippen molar-refractivity contribution in [2.24, 2.45) is 0 Å². The molecular weight excluding hydrogens is 470 g/mol. The van der Waals surface area contributed by atoms with Crippen molar-refractivity contribution >= 4 is 51.0 Å². The predicted molar refractivity (Wildman–Crippen MR) is 120 cm³/mol. The van der Waals surface area contributed by atoms with E-state index in [2.05, 4.69) is 36.6 Å². The van der Waals surface area contributed by atoms with Crippen molar-refractivity contribution in [3.05, 3.63) is 76.3 Å². The number of hydrogen-bond donors (Lipinski definition) is 2. The van der Waals surface area contributed by atoms with Crippen LogP contribution in [0.15, 0.2) is 69.9 Å². The lowest BCUT2D eigenvalue weighted by Crippen LogP contribution is -2.27. The molecule has 7 nitrogen and oxygen atoms in total. The van der Waals surface area contributed by atoms with Gasteiger partial charge in [0, 0.05) is 35.8 Å². The van der Waals surface area contributed by atoms with Crippen molar-refractivity contribution in [3.8, 4) is 11.3 Å². The summed E-state index contributed by atoms with van der Waals surface area (Å²) in [6, 6.07) is 13.0. The van der Waals surface area contributed by atoms with E-state index >= 15 is 0 Å². The van der Waals surface area contributed by atoms with Gasteiger partial charge >= 0.3 is 0 Å². The first kappa shape index (κ1) is 20.2. The number of hydrogen-bond acceptors (Lipinski definition) is 5. The molecule has 1 aromatic carbocycles. The monoisotopic (exact) mass is 485 g/mol. The number of nitrogens with one attached hydrogen (secondary N) is 2. The minimum absolute atomic E-state index is 0.202. The summed E-state index contributed by atoms with van der Waals surface area (Å²) >= 11 is 9.83. The Balaban J connectivity index is 1.46. The Morgan fingerprint density at radius 3 is 2.90 bits per heavy atom. The Kier molecular flexibility index (Phi) is 6.15. The van der Waals surface area contributed by atoms with E-state index in [0.717, 1.165) is 21.5 Å². The topological polar surface area (TPSA) is 84.5 Å². The summed E-state index contributed by atoms with van der Waals surface area (Å²) in [4.78, 5) is 16.6. The van der Waals surface area contributed by atoms with E-state index in [0.29, 0.717) is 29.5 Å². The van der Waals surface area contributed by atoms with Crippen LogP contribution in [0.2, 0.25) is 5.02 Å². The van der Waals surface area contributed by atoms with Gasteiger partial charge in [-0.1, -0.05) is 29.8 Å². The molecule has 9 heteroatoms. The molecule has 0 fully saturated rings. The molecule has 0 atom stereocenters. The van der Waals surface area contributed by atoms with Gasteiger partial charge in [-0.15, -0.1) is 0 Å². The van der Waals surface area contributed by atoms with Gasteiger partial charge in [-0.05, 0) is 40.2 Å². The van der Waals surface area contributed by atoms with Gasteiger partial charge in [-0.25, -0.2) is 4.98 Å². The molecule has 4 aromatic rings. The van der Waals surface area contributed by atoms with Crippen molar-refractivity contribution in [1.82, 2.24) is 19.9 Å². The number of carbonyl (C=O) groups excluding carboxylic acids is 1. The first-order chi connectivity index (χ1) is 14.6. The molecule has 152 valence electrons. The first-order valence-corrected chi connectivity index (χ1v) is 10.3. The van der Waals surface area contributed by atoms with Crippen LogP contribution in [0, 0.1) is 0 Å². The molecule has 3 heterocycles. The minimum atomic E-state index is -0.202. The Hall–Kier alpha value is -3.10. The molecule has 30 heavy (non-hydrogen) atoms. The van der Waals surface area contributed by atoms with Crippen molar-refractivity contribution in [2.45, 2.75) is 0 Å². The van der Waals surface area contributed by atoms with Gasteiger partial charge in [0.1, 0.15) is 11.6 Å². The fourth-order valence-corrected chi connectivity index (χ4v) is 3.43. The second kappa shape index (κ2) is 9.15. The summed E-state index contributed by atoms with van der Waals surface area (Å²) in [6.45, 7) is 0.924. The highest BCUT2D eigenvalue weighted by Crippen LogP contribution is 2.30. The Morgan fingerprint density at radius 1 is 1.23 bits per heavy atom. The number of fused-ring (bicyclic) bond motifs is 1. The summed E-state index contributed by atoms with van der Waals surface area (Å²) in [5.74, 6) is 1.16. The average Bonchev–Trinajstić information content (AvgIpc) is 3.40. The third kappa shape index (κ3) is 4.55. The number of furan rings is 1. The second-order valence-electron chi connectivity index (χ2n) is 6.30. The van der Waals surface area contributed by atoms with Crippen LogP contribution in [0.1, 0.15) is 5.76 Å². The molecule has 0 spiro atoms. The summed E-state index contributed by atoms with van der Waals surface area (Å²) in [7, 11) is 0. The van der Waals surface area contributed by atoms with E-state index in [-0.39, 0.29) is 5.91 Å². The summed E-state index contributed by atoms with van der Waals surface area (Å²) < 4.78 is 7.63. The van der Waals surface area contributed by atoms with E-state index in [1.54, 1.807) is 35.2 Å². The molecule has 4 rings (SSSR count). The standard InChI is InChI=1S/C21H17BrClN5O2/c22-16-13-26-28-19(12-18(27-21(16)28)15-5-1-2-6-17(15)23)24-9-10-25-20(29)8-7-14-4-3-11-30-14/h1-8,11-13,24H,9-10H2,(H,25,29)/b8-7+. The normalized spacial score (nSPS) is 11.3. The van der Waals surface area contributed by atoms with Crippen molar-refractivity contribution in [1.29, 1.82) is 0 Å². The highest BCUT2D eigenvalue weighted by Gasteiger charge is 2.13. The Labute approximate surface area is 185 Å². The minimum Gasteiger partial charge on any atom is -0.465 e. The predicted octanol–water partition coefficient (Wildman–Crippen LogP) is 4.65. The number of halogens is 2. The lowest BCUT2D eigenvalue weighted by Gasteiger charge is -2.12. The second-order valence-corrected chi connectivity index (χ2v) is 7.56.